The SMILES string of the molecule is CCOC(=O)C1NC(CC)CCC1C. The van der Waals surface area contributed by atoms with Crippen LogP contribution < -0.4 is 5.32 Å². The Balaban J connectivity index is 2.51. The molecular weight excluding hydrogens is 178 g/mol. The molecule has 1 saturated heterocycles. The predicted octanol–water partition coefficient (Wildman–Crippen LogP) is 1.72. The predicted molar refractivity (Wildman–Crippen MR) is 56.0 cm³/mol. The zero-order chi connectivity index (χ0) is 10.6. The van der Waals surface area contributed by atoms with Crippen molar-refractivity contribution in [2.24, 2.45) is 5.92 Å². The Morgan fingerprint density at radius 3 is 2.71 bits per heavy atom. The number of esters is 1. The van der Waals surface area contributed by atoms with Crippen LogP contribution in [0.3, 0.4) is 0 Å². The van der Waals surface area contributed by atoms with Crippen LogP contribution in [0.2, 0.25) is 0 Å². The zero-order valence-electron chi connectivity index (χ0n) is 9.38. The van der Waals surface area contributed by atoms with E-state index in [0.29, 0.717) is 18.6 Å². The molecule has 3 atom stereocenters. The summed E-state index contributed by atoms with van der Waals surface area (Å²) >= 11 is 0. The van der Waals surface area contributed by atoms with E-state index < -0.39 is 0 Å². The van der Waals surface area contributed by atoms with E-state index in [1.54, 1.807) is 0 Å². The molecule has 3 heteroatoms. The monoisotopic (exact) mass is 199 g/mol. The molecule has 0 amide bonds. The molecule has 3 unspecified atom stereocenters. The van der Waals surface area contributed by atoms with Gasteiger partial charge >= 0.3 is 5.97 Å². The van der Waals surface area contributed by atoms with Gasteiger partial charge in [-0.3, -0.25) is 4.79 Å². The van der Waals surface area contributed by atoms with Gasteiger partial charge in [0.05, 0.1) is 6.61 Å². The summed E-state index contributed by atoms with van der Waals surface area (Å²) in [5.74, 6) is 0.315. The number of nitrogens with one attached hydrogen (secondary N) is 1. The van der Waals surface area contributed by atoms with Gasteiger partial charge in [0.15, 0.2) is 0 Å². The Hall–Kier alpha value is -0.570. The summed E-state index contributed by atoms with van der Waals surface area (Å²) in [5, 5.41) is 3.36. The summed E-state index contributed by atoms with van der Waals surface area (Å²) in [6.45, 7) is 6.58. The van der Waals surface area contributed by atoms with Gasteiger partial charge in [0, 0.05) is 6.04 Å². The molecule has 0 aromatic rings. The summed E-state index contributed by atoms with van der Waals surface area (Å²) in [6, 6.07) is 0.397. The largest absolute Gasteiger partial charge is 0.465 e. The Labute approximate surface area is 86.2 Å². The first-order chi connectivity index (χ1) is 6.69. The highest BCUT2D eigenvalue weighted by Crippen LogP contribution is 2.21. The van der Waals surface area contributed by atoms with Crippen LogP contribution in [-0.4, -0.2) is 24.7 Å². The topological polar surface area (TPSA) is 38.3 Å². The quantitative estimate of drug-likeness (QED) is 0.703. The van der Waals surface area contributed by atoms with Crippen molar-refractivity contribution in [1.29, 1.82) is 0 Å². The number of hydrogen-bond donors (Lipinski definition) is 1. The van der Waals surface area contributed by atoms with E-state index in [4.69, 9.17) is 4.74 Å². The fraction of sp³-hybridized carbons (Fsp3) is 0.909. The molecule has 1 N–H and O–H groups in total. The average molecular weight is 199 g/mol. The van der Waals surface area contributed by atoms with Crippen LogP contribution in [-0.2, 0) is 9.53 Å². The maximum Gasteiger partial charge on any atom is 0.323 e. The minimum atomic E-state index is -0.0892. The first kappa shape index (κ1) is 11.5. The van der Waals surface area contributed by atoms with Gasteiger partial charge in [-0.05, 0) is 32.1 Å². The minimum Gasteiger partial charge on any atom is -0.465 e. The highest BCUT2D eigenvalue weighted by molar-refractivity contribution is 5.76. The second kappa shape index (κ2) is 5.35. The van der Waals surface area contributed by atoms with Gasteiger partial charge in [0.2, 0.25) is 0 Å². The molecule has 0 bridgehead atoms. The van der Waals surface area contributed by atoms with Gasteiger partial charge < -0.3 is 10.1 Å². The Bertz CT molecular complexity index is 194. The minimum absolute atomic E-state index is 0.0850. The van der Waals surface area contributed by atoms with Gasteiger partial charge in [0.1, 0.15) is 6.04 Å². The molecule has 0 aromatic carbocycles. The summed E-state index contributed by atoms with van der Waals surface area (Å²) in [4.78, 5) is 11.6. The van der Waals surface area contributed by atoms with Crippen molar-refractivity contribution >= 4 is 5.97 Å². The lowest BCUT2D eigenvalue weighted by molar-refractivity contribution is -0.148. The maximum absolute atomic E-state index is 11.6. The van der Waals surface area contributed by atoms with Gasteiger partial charge in [0.25, 0.3) is 0 Å². The molecule has 82 valence electrons. The Kier molecular flexibility index (Phi) is 4.39. The number of hydrogen-bond acceptors (Lipinski definition) is 3. The third kappa shape index (κ3) is 2.71. The third-order valence-corrected chi connectivity index (χ3v) is 2.99. The molecule has 0 radical (unpaired) electrons. The number of carbonyl (C=O) groups is 1. The number of carbonyl (C=O) groups excluding carboxylic acids is 1. The molecule has 0 saturated carbocycles. The highest BCUT2D eigenvalue weighted by Gasteiger charge is 2.32. The molecule has 1 heterocycles. The number of ether oxygens (including phenoxy) is 1. The van der Waals surface area contributed by atoms with Crippen LogP contribution in [0.5, 0.6) is 0 Å². The van der Waals surface area contributed by atoms with Crippen LogP contribution in [0.15, 0.2) is 0 Å². The summed E-state index contributed by atoms with van der Waals surface area (Å²) in [7, 11) is 0. The molecule has 0 aromatic heterocycles. The lowest BCUT2D eigenvalue weighted by Crippen LogP contribution is -2.51. The molecule has 3 nitrogen and oxygen atoms in total. The average Bonchev–Trinajstić information content (AvgIpc) is 2.19. The van der Waals surface area contributed by atoms with Crippen molar-refractivity contribution in [2.75, 3.05) is 6.61 Å². The third-order valence-electron chi connectivity index (χ3n) is 2.99. The van der Waals surface area contributed by atoms with E-state index in [1.807, 2.05) is 6.92 Å². The van der Waals surface area contributed by atoms with Crippen molar-refractivity contribution in [3.8, 4) is 0 Å². The van der Waals surface area contributed by atoms with Crippen molar-refractivity contribution in [1.82, 2.24) is 5.32 Å². The molecule has 1 aliphatic rings. The van der Waals surface area contributed by atoms with E-state index in [2.05, 4.69) is 19.2 Å². The molecule has 0 aliphatic carbocycles. The maximum atomic E-state index is 11.6. The normalized spacial score (nSPS) is 32.6. The molecule has 1 aliphatic heterocycles. The Morgan fingerprint density at radius 2 is 2.14 bits per heavy atom. The van der Waals surface area contributed by atoms with Crippen LogP contribution in [0.25, 0.3) is 0 Å². The van der Waals surface area contributed by atoms with E-state index in [-0.39, 0.29) is 12.0 Å². The highest BCUT2D eigenvalue weighted by atomic mass is 16.5. The standard InChI is InChI=1S/C11H21NO2/c1-4-9-7-6-8(3)10(12-9)11(13)14-5-2/h8-10,12H,4-7H2,1-3H3. The van der Waals surface area contributed by atoms with Crippen molar-refractivity contribution in [3.05, 3.63) is 0 Å². The lowest BCUT2D eigenvalue weighted by Gasteiger charge is -2.33. The molecule has 1 rings (SSSR count). The number of piperidine rings is 1. The van der Waals surface area contributed by atoms with Gasteiger partial charge in [-0.2, -0.15) is 0 Å². The number of rotatable bonds is 3. The molecule has 0 spiro atoms. The van der Waals surface area contributed by atoms with E-state index in [1.165, 1.54) is 6.42 Å². The van der Waals surface area contributed by atoms with Crippen molar-refractivity contribution in [2.45, 2.75) is 52.1 Å². The molecular formula is C11H21NO2. The fourth-order valence-corrected chi connectivity index (χ4v) is 1.99. The second-order valence-corrected chi connectivity index (χ2v) is 4.06. The first-order valence-electron chi connectivity index (χ1n) is 5.61. The first-order valence-corrected chi connectivity index (χ1v) is 5.61. The van der Waals surface area contributed by atoms with Gasteiger partial charge in [-0.15, -0.1) is 0 Å². The van der Waals surface area contributed by atoms with Crippen molar-refractivity contribution in [3.63, 3.8) is 0 Å². The zero-order valence-corrected chi connectivity index (χ0v) is 9.38. The van der Waals surface area contributed by atoms with E-state index in [9.17, 15) is 4.79 Å². The second-order valence-electron chi connectivity index (χ2n) is 4.06. The summed E-state index contributed by atoms with van der Waals surface area (Å²) in [6.07, 6.45) is 3.38. The van der Waals surface area contributed by atoms with Gasteiger partial charge in [-0.25, -0.2) is 0 Å². The van der Waals surface area contributed by atoms with Crippen LogP contribution in [0.1, 0.15) is 40.0 Å². The fourth-order valence-electron chi connectivity index (χ4n) is 1.99. The van der Waals surface area contributed by atoms with Crippen LogP contribution >= 0.6 is 0 Å². The summed E-state index contributed by atoms with van der Waals surface area (Å²) < 4.78 is 5.04. The Morgan fingerprint density at radius 1 is 1.43 bits per heavy atom. The smallest absolute Gasteiger partial charge is 0.323 e. The van der Waals surface area contributed by atoms with Gasteiger partial charge in [-0.1, -0.05) is 13.8 Å². The van der Waals surface area contributed by atoms with E-state index in [0.717, 1.165) is 12.8 Å². The molecule has 14 heavy (non-hydrogen) atoms. The van der Waals surface area contributed by atoms with E-state index >= 15 is 0 Å². The summed E-state index contributed by atoms with van der Waals surface area (Å²) in [5.41, 5.74) is 0. The molecule has 1 fully saturated rings. The van der Waals surface area contributed by atoms with Crippen LogP contribution in [0, 0.1) is 5.92 Å². The van der Waals surface area contributed by atoms with Crippen LogP contribution in [0.4, 0.5) is 0 Å². The van der Waals surface area contributed by atoms with Crippen molar-refractivity contribution < 1.29 is 9.53 Å². The lowest BCUT2D eigenvalue weighted by atomic mass is 9.88.